The maximum absolute atomic E-state index is 14.0. The zero-order valence-electron chi connectivity index (χ0n) is 14.8. The number of nitriles is 1. The van der Waals surface area contributed by atoms with Crippen molar-refractivity contribution in [3.63, 3.8) is 0 Å². The molecule has 4 nitrogen and oxygen atoms in total. The number of hydrogen-bond acceptors (Lipinski definition) is 4. The van der Waals surface area contributed by atoms with Crippen LogP contribution in [-0.4, -0.2) is 11.1 Å². The molecule has 3 rings (SSSR count). The van der Waals surface area contributed by atoms with E-state index >= 15 is 0 Å². The van der Waals surface area contributed by atoms with Crippen LogP contribution in [0.2, 0.25) is 0 Å². The quantitative estimate of drug-likeness (QED) is 0.682. The summed E-state index contributed by atoms with van der Waals surface area (Å²) >= 11 is 0. The number of hydrogen-bond donors (Lipinski definition) is 1. The van der Waals surface area contributed by atoms with Crippen LogP contribution in [0.4, 0.5) is 10.1 Å². The van der Waals surface area contributed by atoms with E-state index in [1.807, 2.05) is 50.2 Å². The molecule has 132 valence electrons. The van der Waals surface area contributed by atoms with Gasteiger partial charge >= 0.3 is 0 Å². The normalized spacial score (nSPS) is 11.8. The highest BCUT2D eigenvalue weighted by Crippen LogP contribution is 2.26. The second-order valence-electron chi connectivity index (χ2n) is 6.09. The number of fused-ring (bicyclic) bond motifs is 1. The number of nitrogens with one attached hydrogen (secondary N) is 1. The van der Waals surface area contributed by atoms with Crippen molar-refractivity contribution < 1.29 is 9.13 Å². The number of halogens is 1. The van der Waals surface area contributed by atoms with Gasteiger partial charge in [0.2, 0.25) is 0 Å². The van der Waals surface area contributed by atoms with Gasteiger partial charge in [-0.1, -0.05) is 31.2 Å². The maximum Gasteiger partial charge on any atom is 0.184 e. The summed E-state index contributed by atoms with van der Waals surface area (Å²) in [5.41, 5.74) is 2.96. The van der Waals surface area contributed by atoms with Gasteiger partial charge in [-0.2, -0.15) is 5.26 Å². The molecule has 1 heterocycles. The molecule has 1 aromatic heterocycles. The Morgan fingerprint density at radius 1 is 1.23 bits per heavy atom. The van der Waals surface area contributed by atoms with Gasteiger partial charge in [0.15, 0.2) is 6.10 Å². The van der Waals surface area contributed by atoms with E-state index in [1.165, 1.54) is 6.07 Å². The lowest BCUT2D eigenvalue weighted by molar-refractivity contribution is 0.251. The number of para-hydroxylation sites is 1. The van der Waals surface area contributed by atoms with E-state index in [-0.39, 0.29) is 5.82 Å². The average Bonchev–Trinajstić information content (AvgIpc) is 2.65. The number of pyridine rings is 1. The Balaban J connectivity index is 1.81. The first-order chi connectivity index (χ1) is 12.6. The van der Waals surface area contributed by atoms with Crippen molar-refractivity contribution in [2.45, 2.75) is 32.9 Å². The Kier molecular flexibility index (Phi) is 5.33. The zero-order valence-corrected chi connectivity index (χ0v) is 14.8. The first-order valence-electron chi connectivity index (χ1n) is 8.55. The Labute approximate surface area is 152 Å². The van der Waals surface area contributed by atoms with Gasteiger partial charge in [0.05, 0.1) is 0 Å². The molecule has 0 bridgehead atoms. The van der Waals surface area contributed by atoms with Crippen molar-refractivity contribution in [3.8, 4) is 11.8 Å². The van der Waals surface area contributed by atoms with Crippen LogP contribution >= 0.6 is 0 Å². The monoisotopic (exact) mass is 349 g/mol. The van der Waals surface area contributed by atoms with E-state index < -0.39 is 6.10 Å². The molecule has 1 atom stereocenters. The third-order valence-corrected chi connectivity index (χ3v) is 4.09. The van der Waals surface area contributed by atoms with Crippen molar-refractivity contribution in [2.75, 3.05) is 5.32 Å². The van der Waals surface area contributed by atoms with Gasteiger partial charge in [-0.3, -0.25) is 0 Å². The van der Waals surface area contributed by atoms with Gasteiger partial charge in [0.25, 0.3) is 0 Å². The molecule has 0 saturated carbocycles. The molecule has 0 saturated heterocycles. The predicted octanol–water partition coefficient (Wildman–Crippen LogP) is 4.98. The van der Waals surface area contributed by atoms with E-state index in [2.05, 4.69) is 16.4 Å². The highest BCUT2D eigenvalue weighted by Gasteiger charge is 2.09. The van der Waals surface area contributed by atoms with Crippen LogP contribution in [0, 0.1) is 24.1 Å². The van der Waals surface area contributed by atoms with Crippen LogP contribution in [-0.2, 0) is 6.54 Å². The lowest BCUT2D eigenvalue weighted by atomic mass is 10.1. The summed E-state index contributed by atoms with van der Waals surface area (Å²) in [7, 11) is 0. The first kappa shape index (κ1) is 17.7. The first-order valence-corrected chi connectivity index (χ1v) is 8.55. The number of aryl methyl sites for hydroxylation is 1. The molecule has 0 aliphatic rings. The lowest BCUT2D eigenvalue weighted by Gasteiger charge is -2.13. The molecule has 2 aromatic carbocycles. The van der Waals surface area contributed by atoms with Crippen LogP contribution < -0.4 is 10.1 Å². The van der Waals surface area contributed by atoms with Gasteiger partial charge in [-0.05, 0) is 43.2 Å². The predicted molar refractivity (Wildman–Crippen MR) is 101 cm³/mol. The lowest BCUT2D eigenvalue weighted by Crippen LogP contribution is -2.12. The standard InChI is InChI=1S/C21H20FN3O/c1-3-16(12-23)26-17-7-4-6-15(11-17)13-24-20-10-14(2)25-21-18(20)8-5-9-19(21)22/h4-11,16H,3,13H2,1-2H3,(H,24,25). The van der Waals surface area contributed by atoms with Gasteiger partial charge in [0.1, 0.15) is 23.2 Å². The molecule has 0 aliphatic carbocycles. The van der Waals surface area contributed by atoms with Crippen LogP contribution in [0.5, 0.6) is 5.75 Å². The molecule has 0 spiro atoms. The van der Waals surface area contributed by atoms with E-state index in [9.17, 15) is 4.39 Å². The minimum atomic E-state index is -0.451. The molecule has 0 radical (unpaired) electrons. The SMILES string of the molecule is CCC(C#N)Oc1cccc(CNc2cc(C)nc3c(F)cccc23)c1. The van der Waals surface area contributed by atoms with Crippen molar-refractivity contribution in [1.29, 1.82) is 5.26 Å². The smallest absolute Gasteiger partial charge is 0.184 e. The Morgan fingerprint density at radius 3 is 2.81 bits per heavy atom. The molecule has 5 heteroatoms. The van der Waals surface area contributed by atoms with Crippen LogP contribution in [0.1, 0.15) is 24.6 Å². The van der Waals surface area contributed by atoms with Gasteiger partial charge in [-0.15, -0.1) is 0 Å². The highest BCUT2D eigenvalue weighted by molar-refractivity contribution is 5.91. The summed E-state index contributed by atoms with van der Waals surface area (Å²) < 4.78 is 19.7. The molecule has 1 unspecified atom stereocenters. The number of benzene rings is 2. The molecular formula is C21H20FN3O. The summed E-state index contributed by atoms with van der Waals surface area (Å²) in [5.74, 6) is 0.339. The van der Waals surface area contributed by atoms with E-state index in [4.69, 9.17) is 10.00 Å². The summed E-state index contributed by atoms with van der Waals surface area (Å²) in [6, 6.07) is 16.6. The number of ether oxygens (including phenoxy) is 1. The molecule has 1 N–H and O–H groups in total. The number of anilines is 1. The number of nitrogens with zero attached hydrogens (tertiary/aromatic N) is 2. The minimum absolute atomic E-state index is 0.327. The second-order valence-corrected chi connectivity index (χ2v) is 6.09. The fourth-order valence-electron chi connectivity index (χ4n) is 2.78. The largest absolute Gasteiger partial charge is 0.476 e. The zero-order chi connectivity index (χ0) is 18.5. The van der Waals surface area contributed by atoms with Crippen molar-refractivity contribution >= 4 is 16.6 Å². The number of aromatic nitrogens is 1. The van der Waals surface area contributed by atoms with Crippen LogP contribution in [0.25, 0.3) is 10.9 Å². The van der Waals surface area contributed by atoms with Gasteiger partial charge in [-0.25, -0.2) is 9.37 Å². The van der Waals surface area contributed by atoms with Crippen molar-refractivity contribution in [2.24, 2.45) is 0 Å². The maximum atomic E-state index is 14.0. The average molecular weight is 349 g/mol. The fourth-order valence-corrected chi connectivity index (χ4v) is 2.78. The molecule has 0 amide bonds. The molecule has 26 heavy (non-hydrogen) atoms. The van der Waals surface area contributed by atoms with E-state index in [1.54, 1.807) is 6.07 Å². The van der Waals surface area contributed by atoms with Gasteiger partial charge < -0.3 is 10.1 Å². The van der Waals surface area contributed by atoms with Gasteiger partial charge in [0, 0.05) is 23.3 Å². The van der Waals surface area contributed by atoms with Crippen LogP contribution in [0.3, 0.4) is 0 Å². The second kappa shape index (κ2) is 7.83. The Bertz CT molecular complexity index is 965. The summed E-state index contributed by atoms with van der Waals surface area (Å²) in [5, 5.41) is 13.1. The van der Waals surface area contributed by atoms with Crippen molar-refractivity contribution in [1.82, 2.24) is 4.98 Å². The third-order valence-electron chi connectivity index (χ3n) is 4.09. The van der Waals surface area contributed by atoms with E-state index in [0.717, 1.165) is 22.3 Å². The topological polar surface area (TPSA) is 57.9 Å². The molecule has 0 fully saturated rings. The third kappa shape index (κ3) is 3.92. The summed E-state index contributed by atoms with van der Waals surface area (Å²) in [6.45, 7) is 4.31. The van der Waals surface area contributed by atoms with Crippen LogP contribution in [0.15, 0.2) is 48.5 Å². The number of rotatable bonds is 6. The summed E-state index contributed by atoms with van der Waals surface area (Å²) in [4.78, 5) is 4.29. The fraction of sp³-hybridized carbons (Fsp3) is 0.238. The molecule has 0 aliphatic heterocycles. The minimum Gasteiger partial charge on any atom is -0.476 e. The Morgan fingerprint density at radius 2 is 2.04 bits per heavy atom. The molecule has 3 aromatic rings. The van der Waals surface area contributed by atoms with Crippen molar-refractivity contribution in [3.05, 3.63) is 65.6 Å². The summed E-state index contributed by atoms with van der Waals surface area (Å²) in [6.07, 6.45) is 0.181. The Hall–Kier alpha value is -3.13. The molecular weight excluding hydrogens is 329 g/mol. The highest BCUT2D eigenvalue weighted by atomic mass is 19.1. The van der Waals surface area contributed by atoms with E-state index in [0.29, 0.717) is 24.2 Å².